The molecule has 0 aromatic heterocycles. The van der Waals surface area contributed by atoms with Crippen LogP contribution in [0.2, 0.25) is 0 Å². The molecule has 0 saturated carbocycles. The molecular formula is C13H19NO. The number of nitrogens with one attached hydrogen (secondary N) is 1. The van der Waals surface area contributed by atoms with Gasteiger partial charge >= 0.3 is 0 Å². The van der Waals surface area contributed by atoms with Crippen molar-refractivity contribution in [2.24, 2.45) is 0 Å². The smallest absolute Gasteiger partial charge is 0.123 e. The molecule has 1 N–H and O–H groups in total. The third-order valence-corrected chi connectivity index (χ3v) is 3.07. The van der Waals surface area contributed by atoms with Crippen LogP contribution >= 0.6 is 0 Å². The molecule has 0 saturated heterocycles. The van der Waals surface area contributed by atoms with Gasteiger partial charge in [-0.15, -0.1) is 0 Å². The van der Waals surface area contributed by atoms with Crippen molar-refractivity contribution in [3.8, 4) is 5.75 Å². The Balaban J connectivity index is 2.03. The van der Waals surface area contributed by atoms with Crippen molar-refractivity contribution in [2.75, 3.05) is 7.05 Å². The molecule has 2 atom stereocenters. The second-order valence-corrected chi connectivity index (χ2v) is 4.48. The molecule has 0 bridgehead atoms. The molecule has 0 fully saturated rings. The summed E-state index contributed by atoms with van der Waals surface area (Å²) in [5.74, 6) is 1.09. The Hall–Kier alpha value is -1.02. The number of fused-ring (bicyclic) bond motifs is 1. The van der Waals surface area contributed by atoms with E-state index >= 15 is 0 Å². The number of aryl methyl sites for hydroxylation is 1. The van der Waals surface area contributed by atoms with Crippen LogP contribution in [0.3, 0.4) is 0 Å². The molecule has 0 amide bonds. The predicted molar refractivity (Wildman–Crippen MR) is 62.4 cm³/mol. The molecule has 2 heteroatoms. The van der Waals surface area contributed by atoms with Crippen molar-refractivity contribution in [3.05, 3.63) is 29.3 Å². The molecule has 0 radical (unpaired) electrons. The van der Waals surface area contributed by atoms with Gasteiger partial charge in [0.15, 0.2) is 0 Å². The van der Waals surface area contributed by atoms with Gasteiger partial charge in [0.25, 0.3) is 0 Å². The largest absolute Gasteiger partial charge is 0.490 e. The highest BCUT2D eigenvalue weighted by Gasteiger charge is 2.23. The summed E-state index contributed by atoms with van der Waals surface area (Å²) in [6, 6.07) is 7.01. The van der Waals surface area contributed by atoms with E-state index in [2.05, 4.69) is 37.4 Å². The van der Waals surface area contributed by atoms with E-state index in [1.807, 2.05) is 7.05 Å². The first-order chi connectivity index (χ1) is 7.19. The van der Waals surface area contributed by atoms with Gasteiger partial charge in [0.05, 0.1) is 0 Å². The van der Waals surface area contributed by atoms with Crippen molar-refractivity contribution in [1.82, 2.24) is 5.32 Å². The zero-order chi connectivity index (χ0) is 10.8. The van der Waals surface area contributed by atoms with E-state index < -0.39 is 0 Å². The highest BCUT2D eigenvalue weighted by Crippen LogP contribution is 2.31. The van der Waals surface area contributed by atoms with Crippen molar-refractivity contribution < 1.29 is 4.74 Å². The van der Waals surface area contributed by atoms with E-state index in [-0.39, 0.29) is 0 Å². The highest BCUT2D eigenvalue weighted by atomic mass is 16.5. The fraction of sp³-hybridized carbons (Fsp3) is 0.538. The monoisotopic (exact) mass is 205 g/mol. The summed E-state index contributed by atoms with van der Waals surface area (Å²) in [4.78, 5) is 0. The normalized spacial score (nSPS) is 20.9. The first-order valence-electron chi connectivity index (χ1n) is 5.62. The van der Waals surface area contributed by atoms with Gasteiger partial charge in [0, 0.05) is 12.5 Å². The Labute approximate surface area is 91.6 Å². The molecule has 2 unspecified atom stereocenters. The van der Waals surface area contributed by atoms with E-state index in [0.717, 1.165) is 18.6 Å². The third-order valence-electron chi connectivity index (χ3n) is 3.07. The zero-order valence-electron chi connectivity index (χ0n) is 9.71. The summed E-state index contributed by atoms with van der Waals surface area (Å²) < 4.78 is 5.92. The van der Waals surface area contributed by atoms with Crippen LogP contribution in [0.15, 0.2) is 18.2 Å². The molecule has 15 heavy (non-hydrogen) atoms. The number of ether oxygens (including phenoxy) is 1. The van der Waals surface area contributed by atoms with Gasteiger partial charge < -0.3 is 10.1 Å². The lowest BCUT2D eigenvalue weighted by molar-refractivity contribution is 0.207. The van der Waals surface area contributed by atoms with E-state index in [4.69, 9.17) is 4.74 Å². The zero-order valence-corrected chi connectivity index (χ0v) is 9.71. The molecule has 2 nitrogen and oxygen atoms in total. The maximum atomic E-state index is 5.92. The fourth-order valence-corrected chi connectivity index (χ4v) is 2.05. The Morgan fingerprint density at radius 2 is 2.33 bits per heavy atom. The van der Waals surface area contributed by atoms with Crippen molar-refractivity contribution in [2.45, 2.75) is 38.8 Å². The fourth-order valence-electron chi connectivity index (χ4n) is 2.05. The summed E-state index contributed by atoms with van der Waals surface area (Å²) in [5, 5.41) is 3.25. The Morgan fingerprint density at radius 1 is 1.53 bits per heavy atom. The molecule has 82 valence electrons. The van der Waals surface area contributed by atoms with Gasteiger partial charge in [-0.25, -0.2) is 0 Å². The van der Waals surface area contributed by atoms with Gasteiger partial charge in [-0.1, -0.05) is 12.1 Å². The van der Waals surface area contributed by atoms with Crippen molar-refractivity contribution >= 4 is 0 Å². The summed E-state index contributed by atoms with van der Waals surface area (Å²) in [6.07, 6.45) is 2.48. The number of rotatable bonds is 3. The minimum absolute atomic E-state index is 0.351. The predicted octanol–water partition coefficient (Wildman–Crippen LogP) is 2.30. The van der Waals surface area contributed by atoms with Crippen LogP contribution in [-0.4, -0.2) is 19.2 Å². The summed E-state index contributed by atoms with van der Waals surface area (Å²) >= 11 is 0. The van der Waals surface area contributed by atoms with Gasteiger partial charge in [0.1, 0.15) is 11.9 Å². The van der Waals surface area contributed by atoms with Crippen LogP contribution in [-0.2, 0) is 6.42 Å². The maximum absolute atomic E-state index is 5.92. The first-order valence-corrected chi connectivity index (χ1v) is 5.62. The average molecular weight is 205 g/mol. The van der Waals surface area contributed by atoms with Gasteiger partial charge in [0.2, 0.25) is 0 Å². The van der Waals surface area contributed by atoms with E-state index in [1.54, 1.807) is 0 Å². The SMILES string of the molecule is CNC(C)CC1Cc2ccc(C)cc2O1. The number of benzene rings is 1. The minimum atomic E-state index is 0.351. The van der Waals surface area contributed by atoms with Crippen LogP contribution in [0.25, 0.3) is 0 Å². The lowest BCUT2D eigenvalue weighted by Gasteiger charge is -2.15. The minimum Gasteiger partial charge on any atom is -0.490 e. The van der Waals surface area contributed by atoms with E-state index in [0.29, 0.717) is 12.1 Å². The Morgan fingerprint density at radius 3 is 3.07 bits per heavy atom. The van der Waals surface area contributed by atoms with Crippen LogP contribution in [0.5, 0.6) is 5.75 Å². The number of hydrogen-bond acceptors (Lipinski definition) is 2. The molecular weight excluding hydrogens is 186 g/mol. The topological polar surface area (TPSA) is 21.3 Å². The Kier molecular flexibility index (Phi) is 2.96. The molecule has 1 aromatic rings. The molecule has 0 aliphatic carbocycles. The lowest BCUT2D eigenvalue weighted by Crippen LogP contribution is -2.28. The Bertz CT molecular complexity index is 348. The van der Waals surface area contributed by atoms with E-state index in [1.165, 1.54) is 11.1 Å². The quantitative estimate of drug-likeness (QED) is 0.817. The molecule has 1 aliphatic heterocycles. The molecule has 0 spiro atoms. The van der Waals surface area contributed by atoms with Crippen LogP contribution in [0.1, 0.15) is 24.5 Å². The molecule has 2 rings (SSSR count). The summed E-state index contributed by atoms with van der Waals surface area (Å²) in [6.45, 7) is 4.30. The van der Waals surface area contributed by atoms with Crippen molar-refractivity contribution in [1.29, 1.82) is 0 Å². The summed E-state index contributed by atoms with van der Waals surface area (Å²) in [7, 11) is 2.00. The van der Waals surface area contributed by atoms with Gasteiger partial charge in [-0.3, -0.25) is 0 Å². The first kappa shape index (κ1) is 10.5. The molecule has 1 aromatic carbocycles. The van der Waals surface area contributed by atoms with Crippen LogP contribution in [0, 0.1) is 6.92 Å². The lowest BCUT2D eigenvalue weighted by atomic mass is 10.0. The summed E-state index contributed by atoms with van der Waals surface area (Å²) in [5.41, 5.74) is 2.63. The number of hydrogen-bond donors (Lipinski definition) is 1. The van der Waals surface area contributed by atoms with Gasteiger partial charge in [-0.2, -0.15) is 0 Å². The molecule has 1 heterocycles. The highest BCUT2D eigenvalue weighted by molar-refractivity contribution is 5.40. The maximum Gasteiger partial charge on any atom is 0.123 e. The van der Waals surface area contributed by atoms with Gasteiger partial charge in [-0.05, 0) is 44.5 Å². The second-order valence-electron chi connectivity index (χ2n) is 4.48. The third kappa shape index (κ3) is 2.32. The molecule has 1 aliphatic rings. The average Bonchev–Trinajstić information content (AvgIpc) is 2.59. The second kappa shape index (κ2) is 4.23. The van der Waals surface area contributed by atoms with E-state index in [9.17, 15) is 0 Å². The van der Waals surface area contributed by atoms with Crippen LogP contribution < -0.4 is 10.1 Å². The standard InChI is InChI=1S/C13H19NO/c1-9-4-5-11-8-12(7-10(2)14-3)15-13(11)6-9/h4-6,10,12,14H,7-8H2,1-3H3. The van der Waals surface area contributed by atoms with Crippen molar-refractivity contribution in [3.63, 3.8) is 0 Å². The van der Waals surface area contributed by atoms with Crippen LogP contribution in [0.4, 0.5) is 0 Å².